The second-order valence-electron chi connectivity index (χ2n) is 7.90. The number of hydrogen-bond donors (Lipinski definition) is 1. The molecule has 1 saturated heterocycles. The Morgan fingerprint density at radius 3 is 2.16 bits per heavy atom. The lowest BCUT2D eigenvalue weighted by molar-refractivity contribution is -0.139. The molecule has 138 valence electrons. The SMILES string of the molecule is Cc1cccc(C)c1NCC(=O)N1CCCN(C(=O)C(C)(C)C)CC1. The van der Waals surface area contributed by atoms with Crippen molar-refractivity contribution in [2.24, 2.45) is 5.41 Å². The van der Waals surface area contributed by atoms with Crippen LogP contribution >= 0.6 is 0 Å². The number of rotatable bonds is 3. The Morgan fingerprint density at radius 1 is 1.00 bits per heavy atom. The summed E-state index contributed by atoms with van der Waals surface area (Å²) in [5.74, 6) is 0.253. The minimum atomic E-state index is -0.372. The van der Waals surface area contributed by atoms with Crippen molar-refractivity contribution in [3.8, 4) is 0 Å². The first-order chi connectivity index (χ1) is 11.7. The van der Waals surface area contributed by atoms with Gasteiger partial charge in [0.05, 0.1) is 6.54 Å². The molecule has 0 bridgehead atoms. The molecule has 5 nitrogen and oxygen atoms in total. The molecule has 0 radical (unpaired) electrons. The molecular weight excluding hydrogens is 314 g/mol. The second-order valence-corrected chi connectivity index (χ2v) is 7.90. The van der Waals surface area contributed by atoms with Gasteiger partial charge in [-0.3, -0.25) is 9.59 Å². The number of benzene rings is 1. The number of carbonyl (C=O) groups is 2. The molecule has 0 aliphatic carbocycles. The van der Waals surface area contributed by atoms with Gasteiger partial charge in [-0.2, -0.15) is 0 Å². The van der Waals surface area contributed by atoms with Gasteiger partial charge in [0.25, 0.3) is 0 Å². The molecule has 2 amide bonds. The van der Waals surface area contributed by atoms with Crippen molar-refractivity contribution < 1.29 is 9.59 Å². The van der Waals surface area contributed by atoms with Crippen molar-refractivity contribution in [2.45, 2.75) is 41.0 Å². The summed E-state index contributed by atoms with van der Waals surface area (Å²) in [5, 5.41) is 3.29. The van der Waals surface area contributed by atoms with Crippen LogP contribution in [0.4, 0.5) is 5.69 Å². The molecular formula is C20H31N3O2. The minimum Gasteiger partial charge on any atom is -0.376 e. The first-order valence-corrected chi connectivity index (χ1v) is 9.07. The summed E-state index contributed by atoms with van der Waals surface area (Å²) in [7, 11) is 0. The number of carbonyl (C=O) groups excluding carboxylic acids is 2. The molecule has 25 heavy (non-hydrogen) atoms. The summed E-state index contributed by atoms with van der Waals surface area (Å²) in [4.78, 5) is 28.8. The van der Waals surface area contributed by atoms with Gasteiger partial charge in [-0.15, -0.1) is 0 Å². The Bertz CT molecular complexity index is 614. The van der Waals surface area contributed by atoms with Crippen LogP contribution in [0.15, 0.2) is 18.2 Å². The Hall–Kier alpha value is -2.04. The smallest absolute Gasteiger partial charge is 0.241 e. The normalized spacial score (nSPS) is 15.7. The van der Waals surface area contributed by atoms with Gasteiger partial charge in [0.2, 0.25) is 11.8 Å². The highest BCUT2D eigenvalue weighted by molar-refractivity contribution is 5.83. The highest BCUT2D eigenvalue weighted by Crippen LogP contribution is 2.20. The zero-order valence-corrected chi connectivity index (χ0v) is 16.2. The van der Waals surface area contributed by atoms with Crippen molar-refractivity contribution in [1.82, 2.24) is 9.80 Å². The van der Waals surface area contributed by atoms with E-state index in [2.05, 4.69) is 5.32 Å². The number of aryl methyl sites for hydroxylation is 2. The van der Waals surface area contributed by atoms with Gasteiger partial charge in [0, 0.05) is 37.3 Å². The van der Waals surface area contributed by atoms with Gasteiger partial charge in [0.15, 0.2) is 0 Å². The van der Waals surface area contributed by atoms with Gasteiger partial charge >= 0.3 is 0 Å². The second kappa shape index (κ2) is 7.89. The third kappa shape index (κ3) is 4.97. The summed E-state index contributed by atoms with van der Waals surface area (Å²) < 4.78 is 0. The highest BCUT2D eigenvalue weighted by Gasteiger charge is 2.29. The van der Waals surface area contributed by atoms with Crippen molar-refractivity contribution in [1.29, 1.82) is 0 Å². The van der Waals surface area contributed by atoms with E-state index in [1.165, 1.54) is 0 Å². The fraction of sp³-hybridized carbons (Fsp3) is 0.600. The summed E-state index contributed by atoms with van der Waals surface area (Å²) in [6.45, 7) is 12.9. The van der Waals surface area contributed by atoms with E-state index in [-0.39, 0.29) is 17.2 Å². The lowest BCUT2D eigenvalue weighted by atomic mass is 9.94. The summed E-state index contributed by atoms with van der Waals surface area (Å²) in [5.41, 5.74) is 2.95. The number of para-hydroxylation sites is 1. The van der Waals surface area contributed by atoms with Gasteiger partial charge in [-0.1, -0.05) is 39.0 Å². The topological polar surface area (TPSA) is 52.7 Å². The highest BCUT2D eigenvalue weighted by atomic mass is 16.2. The minimum absolute atomic E-state index is 0.0905. The van der Waals surface area contributed by atoms with Gasteiger partial charge in [0.1, 0.15) is 0 Å². The van der Waals surface area contributed by atoms with Crippen LogP contribution in [0.5, 0.6) is 0 Å². The van der Waals surface area contributed by atoms with Gasteiger partial charge in [-0.05, 0) is 31.4 Å². The van der Waals surface area contributed by atoms with Crippen LogP contribution in [0, 0.1) is 19.3 Å². The lowest BCUT2D eigenvalue weighted by Crippen LogP contribution is -2.43. The third-order valence-electron chi connectivity index (χ3n) is 4.67. The van der Waals surface area contributed by atoms with Crippen LogP contribution in [-0.4, -0.2) is 54.3 Å². The Labute approximate surface area is 151 Å². The molecule has 0 atom stereocenters. The van der Waals surface area contributed by atoms with E-state index in [9.17, 15) is 9.59 Å². The van der Waals surface area contributed by atoms with E-state index in [1.807, 2.05) is 62.6 Å². The van der Waals surface area contributed by atoms with Crippen LogP contribution in [0.3, 0.4) is 0 Å². The number of hydrogen-bond acceptors (Lipinski definition) is 3. The molecule has 1 N–H and O–H groups in total. The predicted octanol–water partition coefficient (Wildman–Crippen LogP) is 2.82. The van der Waals surface area contributed by atoms with Gasteiger partial charge in [-0.25, -0.2) is 0 Å². The van der Waals surface area contributed by atoms with E-state index in [0.717, 1.165) is 29.8 Å². The first-order valence-electron chi connectivity index (χ1n) is 9.07. The molecule has 2 rings (SSSR count). The molecule has 1 aliphatic rings. The van der Waals surface area contributed by atoms with Crippen molar-refractivity contribution >= 4 is 17.5 Å². The van der Waals surface area contributed by atoms with Crippen LogP contribution in [0.2, 0.25) is 0 Å². The van der Waals surface area contributed by atoms with Crippen molar-refractivity contribution in [3.05, 3.63) is 29.3 Å². The molecule has 1 heterocycles. The maximum absolute atomic E-state index is 12.6. The molecule has 1 aliphatic heterocycles. The number of nitrogens with zero attached hydrogens (tertiary/aromatic N) is 2. The average Bonchev–Trinajstić information content (AvgIpc) is 2.78. The maximum Gasteiger partial charge on any atom is 0.241 e. The molecule has 1 fully saturated rings. The third-order valence-corrected chi connectivity index (χ3v) is 4.67. The zero-order chi connectivity index (χ0) is 18.6. The van der Waals surface area contributed by atoms with Crippen LogP contribution in [0.1, 0.15) is 38.3 Å². The van der Waals surface area contributed by atoms with Gasteiger partial charge < -0.3 is 15.1 Å². The van der Waals surface area contributed by atoms with Crippen molar-refractivity contribution in [2.75, 3.05) is 38.0 Å². The zero-order valence-electron chi connectivity index (χ0n) is 16.2. The van der Waals surface area contributed by atoms with E-state index >= 15 is 0 Å². The van der Waals surface area contributed by atoms with Crippen LogP contribution < -0.4 is 5.32 Å². The number of nitrogens with one attached hydrogen (secondary N) is 1. The summed E-state index contributed by atoms with van der Waals surface area (Å²) in [6, 6.07) is 6.11. The monoisotopic (exact) mass is 345 g/mol. The Morgan fingerprint density at radius 2 is 1.56 bits per heavy atom. The molecule has 0 unspecified atom stereocenters. The van der Waals surface area contributed by atoms with Crippen LogP contribution in [-0.2, 0) is 9.59 Å². The molecule has 0 saturated carbocycles. The molecule has 5 heteroatoms. The molecule has 0 spiro atoms. The predicted molar refractivity (Wildman–Crippen MR) is 102 cm³/mol. The molecule has 1 aromatic rings. The lowest BCUT2D eigenvalue weighted by Gasteiger charge is -2.28. The first kappa shape index (κ1) is 19.3. The molecule has 1 aromatic carbocycles. The van der Waals surface area contributed by atoms with E-state index in [0.29, 0.717) is 26.2 Å². The Balaban J connectivity index is 1.92. The van der Waals surface area contributed by atoms with Crippen molar-refractivity contribution in [3.63, 3.8) is 0 Å². The maximum atomic E-state index is 12.6. The average molecular weight is 345 g/mol. The molecule has 0 aromatic heterocycles. The van der Waals surface area contributed by atoms with E-state index in [1.54, 1.807) is 0 Å². The largest absolute Gasteiger partial charge is 0.376 e. The number of amides is 2. The number of anilines is 1. The van der Waals surface area contributed by atoms with E-state index < -0.39 is 0 Å². The van der Waals surface area contributed by atoms with E-state index in [4.69, 9.17) is 0 Å². The summed E-state index contributed by atoms with van der Waals surface area (Å²) in [6.07, 6.45) is 0.830. The quantitative estimate of drug-likeness (QED) is 0.916. The Kier molecular flexibility index (Phi) is 6.09. The summed E-state index contributed by atoms with van der Waals surface area (Å²) >= 11 is 0. The fourth-order valence-electron chi connectivity index (χ4n) is 3.21. The fourth-order valence-corrected chi connectivity index (χ4v) is 3.21. The van der Waals surface area contributed by atoms with Crippen LogP contribution in [0.25, 0.3) is 0 Å². The standard InChI is InChI=1S/C20H31N3O2/c1-15-8-6-9-16(2)18(15)21-14-17(24)22-10-7-11-23(13-12-22)19(25)20(3,4)5/h6,8-9,21H,7,10-14H2,1-5H3.